The van der Waals surface area contributed by atoms with Gasteiger partial charge in [-0.15, -0.1) is 0 Å². The highest BCUT2D eigenvalue weighted by atomic mass is 79.9. The summed E-state index contributed by atoms with van der Waals surface area (Å²) < 4.78 is 20.0. The van der Waals surface area contributed by atoms with Gasteiger partial charge in [-0.1, -0.05) is 19.9 Å². The number of benzene rings is 1. The number of hydrogen-bond acceptors (Lipinski definition) is 3. The van der Waals surface area contributed by atoms with Crippen LogP contribution in [-0.4, -0.2) is 17.6 Å². The molecule has 0 saturated carbocycles. The minimum atomic E-state index is -0.322. The Morgan fingerprint density at radius 2 is 2.21 bits per heavy atom. The zero-order valence-electron chi connectivity index (χ0n) is 10.9. The molecule has 1 aromatic carbocycles. The van der Waals surface area contributed by atoms with E-state index in [0.29, 0.717) is 34.1 Å². The van der Waals surface area contributed by atoms with Gasteiger partial charge in [-0.2, -0.15) is 0 Å². The topological polar surface area (TPSA) is 38.1 Å². The highest BCUT2D eigenvalue weighted by molar-refractivity contribution is 9.10. The Balaban J connectivity index is 2.12. The lowest BCUT2D eigenvalue weighted by Crippen LogP contribution is -2.24. The van der Waals surface area contributed by atoms with Crippen LogP contribution in [0, 0.1) is 5.82 Å². The number of halogens is 2. The van der Waals surface area contributed by atoms with Crippen molar-refractivity contribution in [3.05, 3.63) is 40.6 Å². The molecule has 0 bridgehead atoms. The molecule has 0 saturated heterocycles. The van der Waals surface area contributed by atoms with E-state index in [-0.39, 0.29) is 5.82 Å². The van der Waals surface area contributed by atoms with Gasteiger partial charge in [0.15, 0.2) is 11.7 Å². The molecule has 0 aliphatic rings. The van der Waals surface area contributed by atoms with E-state index in [9.17, 15) is 4.39 Å². The summed E-state index contributed by atoms with van der Waals surface area (Å²) in [5.74, 6) is 0.736. The van der Waals surface area contributed by atoms with Crippen LogP contribution in [0.2, 0.25) is 0 Å². The van der Waals surface area contributed by atoms with Crippen molar-refractivity contribution in [2.75, 3.05) is 6.54 Å². The Morgan fingerprint density at radius 1 is 1.42 bits per heavy atom. The first-order valence-electron chi connectivity index (χ1n) is 6.20. The summed E-state index contributed by atoms with van der Waals surface area (Å²) in [6.07, 6.45) is 2.25. The molecule has 0 atom stereocenters. The molecule has 0 amide bonds. The van der Waals surface area contributed by atoms with Gasteiger partial charge in [0.2, 0.25) is 0 Å². The van der Waals surface area contributed by atoms with Gasteiger partial charge in [-0.3, -0.25) is 0 Å². The van der Waals surface area contributed by atoms with E-state index in [1.807, 2.05) is 0 Å². The van der Waals surface area contributed by atoms with Gasteiger partial charge in [0.05, 0.1) is 11.8 Å². The fourth-order valence-corrected chi connectivity index (χ4v) is 2.28. The fourth-order valence-electron chi connectivity index (χ4n) is 1.74. The predicted octanol–water partition coefficient (Wildman–Crippen LogP) is 3.78. The molecule has 0 radical (unpaired) electrons. The predicted molar refractivity (Wildman–Crippen MR) is 76.4 cm³/mol. The van der Waals surface area contributed by atoms with Gasteiger partial charge in [0.25, 0.3) is 0 Å². The van der Waals surface area contributed by atoms with Crippen LogP contribution in [0.3, 0.4) is 0 Å². The van der Waals surface area contributed by atoms with Crippen LogP contribution in [0.1, 0.15) is 19.7 Å². The molecule has 0 fully saturated rings. The summed E-state index contributed by atoms with van der Waals surface area (Å²) >= 11 is 3.32. The van der Waals surface area contributed by atoms with E-state index in [1.54, 1.807) is 18.3 Å². The molecule has 0 spiro atoms. The SMILES string of the molecule is CC(C)NCCc1ncc(-c2c(F)cccc2Br)o1. The first kappa shape index (κ1) is 14.2. The normalized spacial score (nSPS) is 11.2. The van der Waals surface area contributed by atoms with E-state index in [1.165, 1.54) is 6.07 Å². The van der Waals surface area contributed by atoms with Gasteiger partial charge in [-0.25, -0.2) is 9.37 Å². The maximum absolute atomic E-state index is 13.8. The van der Waals surface area contributed by atoms with Gasteiger partial charge < -0.3 is 9.73 Å². The van der Waals surface area contributed by atoms with Crippen molar-refractivity contribution >= 4 is 15.9 Å². The van der Waals surface area contributed by atoms with E-state index in [0.717, 1.165) is 6.54 Å². The fraction of sp³-hybridized carbons (Fsp3) is 0.357. The summed E-state index contributed by atoms with van der Waals surface area (Å²) in [6, 6.07) is 5.26. The zero-order valence-corrected chi connectivity index (χ0v) is 12.5. The Morgan fingerprint density at radius 3 is 2.89 bits per heavy atom. The molecule has 2 rings (SSSR count). The number of hydrogen-bond donors (Lipinski definition) is 1. The maximum Gasteiger partial charge on any atom is 0.196 e. The van der Waals surface area contributed by atoms with Crippen LogP contribution in [0.15, 0.2) is 33.3 Å². The Labute approximate surface area is 120 Å². The average Bonchev–Trinajstić information content (AvgIpc) is 2.77. The molecule has 0 aliphatic carbocycles. The largest absolute Gasteiger partial charge is 0.441 e. The summed E-state index contributed by atoms with van der Waals surface area (Å²) in [7, 11) is 0. The molecule has 0 aliphatic heterocycles. The molecule has 1 aromatic heterocycles. The Bertz CT molecular complexity index is 534. The molecular formula is C14H16BrFN2O. The van der Waals surface area contributed by atoms with E-state index >= 15 is 0 Å². The van der Waals surface area contributed by atoms with Crippen molar-refractivity contribution in [3.8, 4) is 11.3 Å². The first-order chi connectivity index (χ1) is 9.08. The molecule has 102 valence electrons. The monoisotopic (exact) mass is 326 g/mol. The van der Waals surface area contributed by atoms with Crippen LogP contribution >= 0.6 is 15.9 Å². The van der Waals surface area contributed by atoms with Crippen molar-refractivity contribution in [2.24, 2.45) is 0 Å². The Kier molecular flexibility index (Phi) is 4.71. The quantitative estimate of drug-likeness (QED) is 0.908. The highest BCUT2D eigenvalue weighted by Gasteiger charge is 2.14. The van der Waals surface area contributed by atoms with Crippen molar-refractivity contribution in [1.29, 1.82) is 0 Å². The second-order valence-electron chi connectivity index (χ2n) is 4.57. The summed E-state index contributed by atoms with van der Waals surface area (Å²) in [6.45, 7) is 4.95. The molecule has 0 unspecified atom stereocenters. The van der Waals surface area contributed by atoms with Crippen LogP contribution < -0.4 is 5.32 Å². The maximum atomic E-state index is 13.8. The smallest absolute Gasteiger partial charge is 0.196 e. The number of oxazole rings is 1. The lowest BCUT2D eigenvalue weighted by Gasteiger charge is -2.05. The second-order valence-corrected chi connectivity index (χ2v) is 5.43. The lowest BCUT2D eigenvalue weighted by molar-refractivity contribution is 0.482. The molecule has 2 aromatic rings. The molecular weight excluding hydrogens is 311 g/mol. The average molecular weight is 327 g/mol. The minimum Gasteiger partial charge on any atom is -0.441 e. The van der Waals surface area contributed by atoms with Crippen molar-refractivity contribution < 1.29 is 8.81 Å². The number of nitrogens with zero attached hydrogens (tertiary/aromatic N) is 1. The molecule has 3 nitrogen and oxygen atoms in total. The van der Waals surface area contributed by atoms with E-state index in [2.05, 4.69) is 40.1 Å². The van der Waals surface area contributed by atoms with Crippen molar-refractivity contribution in [3.63, 3.8) is 0 Å². The van der Waals surface area contributed by atoms with Gasteiger partial charge in [0, 0.05) is 23.5 Å². The van der Waals surface area contributed by atoms with Crippen LogP contribution in [0.4, 0.5) is 4.39 Å². The van der Waals surface area contributed by atoms with E-state index in [4.69, 9.17) is 4.42 Å². The van der Waals surface area contributed by atoms with Gasteiger partial charge in [0.1, 0.15) is 5.82 Å². The minimum absolute atomic E-state index is 0.322. The summed E-state index contributed by atoms with van der Waals surface area (Å²) in [5, 5.41) is 3.28. The third-order valence-electron chi connectivity index (χ3n) is 2.65. The van der Waals surface area contributed by atoms with Crippen LogP contribution in [0.5, 0.6) is 0 Å². The molecule has 19 heavy (non-hydrogen) atoms. The summed E-state index contributed by atoms with van der Waals surface area (Å²) in [5.41, 5.74) is 0.415. The highest BCUT2D eigenvalue weighted by Crippen LogP contribution is 2.31. The van der Waals surface area contributed by atoms with Gasteiger partial charge in [-0.05, 0) is 28.1 Å². The molecule has 1 N–H and O–H groups in total. The van der Waals surface area contributed by atoms with Crippen LogP contribution in [0.25, 0.3) is 11.3 Å². The first-order valence-corrected chi connectivity index (χ1v) is 6.99. The van der Waals surface area contributed by atoms with Crippen molar-refractivity contribution in [2.45, 2.75) is 26.3 Å². The number of aromatic nitrogens is 1. The summed E-state index contributed by atoms with van der Waals surface area (Å²) in [4.78, 5) is 4.18. The third-order valence-corrected chi connectivity index (χ3v) is 3.32. The number of rotatable bonds is 5. The van der Waals surface area contributed by atoms with Crippen molar-refractivity contribution in [1.82, 2.24) is 10.3 Å². The standard InChI is InChI=1S/C14H16BrFN2O/c1-9(2)17-7-6-13-18-8-12(19-13)14-10(15)4-3-5-11(14)16/h3-5,8-9,17H,6-7H2,1-2H3. The molecule has 1 heterocycles. The van der Waals surface area contributed by atoms with Crippen LogP contribution in [-0.2, 0) is 6.42 Å². The zero-order chi connectivity index (χ0) is 13.8. The third kappa shape index (κ3) is 3.64. The second kappa shape index (κ2) is 6.30. The number of nitrogens with one attached hydrogen (secondary N) is 1. The Hall–Kier alpha value is -1.20. The lowest BCUT2D eigenvalue weighted by atomic mass is 10.2. The molecule has 5 heteroatoms. The van der Waals surface area contributed by atoms with E-state index < -0.39 is 0 Å². The van der Waals surface area contributed by atoms with Gasteiger partial charge >= 0.3 is 0 Å².